The van der Waals surface area contributed by atoms with E-state index in [4.69, 9.17) is 0 Å². The van der Waals surface area contributed by atoms with E-state index < -0.39 is 12.2 Å². The van der Waals surface area contributed by atoms with Crippen LogP contribution >= 0.6 is 0 Å². The first-order valence-electron chi connectivity index (χ1n) is 13.2. The average molecular weight is 435 g/mol. The van der Waals surface area contributed by atoms with Gasteiger partial charge in [-0.15, -0.1) is 0 Å². The van der Waals surface area contributed by atoms with Gasteiger partial charge in [0.25, 0.3) is 0 Å². The zero-order chi connectivity index (χ0) is 23.3. The van der Waals surface area contributed by atoms with Crippen molar-refractivity contribution in [3.05, 3.63) is 0 Å². The molecular formula is C28H50O3. The lowest BCUT2D eigenvalue weighted by Crippen LogP contribution is -2.73. The van der Waals surface area contributed by atoms with Gasteiger partial charge < -0.3 is 15.3 Å². The zero-order valence-corrected chi connectivity index (χ0v) is 21.7. The fourth-order valence-electron chi connectivity index (χ4n) is 10.7. The Hall–Kier alpha value is -0.120. The summed E-state index contributed by atoms with van der Waals surface area (Å²) in [6.07, 6.45) is 4.50. The van der Waals surface area contributed by atoms with Gasteiger partial charge in [0.15, 0.2) is 0 Å². The van der Waals surface area contributed by atoms with Crippen LogP contribution in [0.15, 0.2) is 0 Å². The SMILES string of the molecule is CC(O)C1C(C)CC2(C)CC3(C)C(C(O)C4C(C)CCCC4C3(C)C)C(C)C2(C)C1O. The first kappa shape index (κ1) is 24.0. The lowest BCUT2D eigenvalue weighted by molar-refractivity contribution is -0.306. The average Bonchev–Trinajstić information content (AvgIpc) is 2.63. The molecule has 13 unspecified atom stereocenters. The van der Waals surface area contributed by atoms with Crippen molar-refractivity contribution in [3.8, 4) is 0 Å². The molecule has 4 saturated carbocycles. The third-order valence-electron chi connectivity index (χ3n) is 12.7. The summed E-state index contributed by atoms with van der Waals surface area (Å²) in [6, 6.07) is 0. The minimum Gasteiger partial charge on any atom is -0.393 e. The van der Waals surface area contributed by atoms with Gasteiger partial charge in [-0.2, -0.15) is 0 Å². The van der Waals surface area contributed by atoms with E-state index in [2.05, 4.69) is 55.4 Å². The molecule has 0 radical (unpaired) electrons. The molecule has 0 amide bonds. The van der Waals surface area contributed by atoms with Gasteiger partial charge in [-0.05, 0) is 77.9 Å². The number of rotatable bonds is 1. The molecule has 0 aliphatic heterocycles. The maximum absolute atomic E-state index is 12.0. The molecule has 31 heavy (non-hydrogen) atoms. The molecule has 3 N–H and O–H groups in total. The lowest BCUT2D eigenvalue weighted by atomic mass is 9.30. The fraction of sp³-hybridized carbons (Fsp3) is 1.00. The van der Waals surface area contributed by atoms with Gasteiger partial charge in [0.05, 0.1) is 18.3 Å². The summed E-state index contributed by atoms with van der Waals surface area (Å²) in [5, 5.41) is 34.4. The van der Waals surface area contributed by atoms with Gasteiger partial charge >= 0.3 is 0 Å². The largest absolute Gasteiger partial charge is 0.393 e. The number of aliphatic hydroxyl groups is 3. The fourth-order valence-corrected chi connectivity index (χ4v) is 10.7. The summed E-state index contributed by atoms with van der Waals surface area (Å²) in [7, 11) is 0. The summed E-state index contributed by atoms with van der Waals surface area (Å²) >= 11 is 0. The quantitative estimate of drug-likeness (QED) is 0.510. The van der Waals surface area contributed by atoms with Crippen LogP contribution in [0, 0.1) is 63.1 Å². The standard InChI is InChI=1S/C28H50O3/c1-15-11-10-12-19-21(15)23(30)22-17(3)28(9)24(31)20(18(4)29)16(2)13-26(28,7)14-27(22,8)25(19,5)6/h15-24,29-31H,10-14H2,1-9H3. The van der Waals surface area contributed by atoms with Crippen LogP contribution in [0.25, 0.3) is 0 Å². The van der Waals surface area contributed by atoms with Gasteiger partial charge in [-0.1, -0.05) is 68.2 Å². The third-order valence-corrected chi connectivity index (χ3v) is 12.7. The van der Waals surface area contributed by atoms with Crippen LogP contribution in [0.4, 0.5) is 0 Å². The van der Waals surface area contributed by atoms with E-state index in [1.807, 2.05) is 6.92 Å². The van der Waals surface area contributed by atoms with E-state index in [0.717, 1.165) is 12.8 Å². The molecule has 4 rings (SSSR count). The van der Waals surface area contributed by atoms with E-state index in [9.17, 15) is 15.3 Å². The van der Waals surface area contributed by atoms with Crippen LogP contribution in [0.3, 0.4) is 0 Å². The minimum atomic E-state index is -0.544. The van der Waals surface area contributed by atoms with E-state index in [0.29, 0.717) is 23.7 Å². The lowest BCUT2D eigenvalue weighted by Gasteiger charge is -2.75. The number of fused-ring (bicyclic) bond motifs is 3. The Kier molecular flexibility index (Phi) is 5.57. The molecule has 0 aromatic heterocycles. The second-order valence-corrected chi connectivity index (χ2v) is 14.0. The molecule has 4 aliphatic rings. The van der Waals surface area contributed by atoms with Gasteiger partial charge in [-0.25, -0.2) is 0 Å². The first-order chi connectivity index (χ1) is 14.1. The molecule has 0 bridgehead atoms. The molecule has 0 spiro atoms. The topological polar surface area (TPSA) is 60.7 Å². The first-order valence-corrected chi connectivity index (χ1v) is 13.2. The Morgan fingerprint density at radius 3 is 2.10 bits per heavy atom. The molecule has 0 heterocycles. The van der Waals surface area contributed by atoms with Gasteiger partial charge in [0, 0.05) is 11.3 Å². The molecule has 0 aromatic rings. The molecule has 3 heteroatoms. The van der Waals surface area contributed by atoms with Crippen molar-refractivity contribution >= 4 is 0 Å². The number of hydrogen-bond donors (Lipinski definition) is 3. The van der Waals surface area contributed by atoms with Crippen LogP contribution in [0.1, 0.15) is 94.4 Å². The molecule has 0 saturated heterocycles. The highest BCUT2D eigenvalue weighted by Gasteiger charge is 2.73. The van der Waals surface area contributed by atoms with Crippen LogP contribution in [0.2, 0.25) is 0 Å². The Morgan fingerprint density at radius 1 is 0.903 bits per heavy atom. The number of hydrogen-bond acceptors (Lipinski definition) is 3. The maximum atomic E-state index is 12.0. The summed E-state index contributed by atoms with van der Waals surface area (Å²) in [4.78, 5) is 0. The normalized spacial score (nSPS) is 59.8. The molecule has 4 fully saturated rings. The van der Waals surface area contributed by atoms with Gasteiger partial charge in [0.2, 0.25) is 0 Å². The predicted octanol–water partition coefficient (Wildman–Crippen LogP) is 5.51. The van der Waals surface area contributed by atoms with Crippen molar-refractivity contribution < 1.29 is 15.3 Å². The molecular weight excluding hydrogens is 384 g/mol. The Bertz CT molecular complexity index is 702. The molecule has 4 aliphatic carbocycles. The van der Waals surface area contributed by atoms with Crippen molar-refractivity contribution in [3.63, 3.8) is 0 Å². The highest BCUT2D eigenvalue weighted by atomic mass is 16.3. The van der Waals surface area contributed by atoms with Crippen LogP contribution in [-0.4, -0.2) is 33.6 Å². The Balaban J connectivity index is 1.86. The summed E-state index contributed by atoms with van der Waals surface area (Å²) in [5.41, 5.74) is -0.126. The minimum absolute atomic E-state index is 0.00794. The highest BCUT2D eigenvalue weighted by Crippen LogP contribution is 2.76. The summed E-state index contributed by atoms with van der Waals surface area (Å²) in [6.45, 7) is 21.0. The molecule has 180 valence electrons. The predicted molar refractivity (Wildman–Crippen MR) is 126 cm³/mol. The van der Waals surface area contributed by atoms with Crippen molar-refractivity contribution in [2.24, 2.45) is 63.1 Å². The van der Waals surface area contributed by atoms with Crippen LogP contribution in [-0.2, 0) is 0 Å². The van der Waals surface area contributed by atoms with Crippen molar-refractivity contribution in [2.75, 3.05) is 0 Å². The maximum Gasteiger partial charge on any atom is 0.0656 e. The molecule has 13 atom stereocenters. The Labute approximate surface area is 191 Å². The van der Waals surface area contributed by atoms with Crippen molar-refractivity contribution in [1.82, 2.24) is 0 Å². The zero-order valence-electron chi connectivity index (χ0n) is 21.7. The van der Waals surface area contributed by atoms with Crippen LogP contribution in [0.5, 0.6) is 0 Å². The smallest absolute Gasteiger partial charge is 0.0656 e. The monoisotopic (exact) mass is 434 g/mol. The second-order valence-electron chi connectivity index (χ2n) is 14.0. The molecule has 3 nitrogen and oxygen atoms in total. The number of aliphatic hydroxyl groups excluding tert-OH is 3. The third kappa shape index (κ3) is 2.81. The van der Waals surface area contributed by atoms with Crippen molar-refractivity contribution in [1.29, 1.82) is 0 Å². The van der Waals surface area contributed by atoms with Crippen molar-refractivity contribution in [2.45, 2.75) is 113 Å². The van der Waals surface area contributed by atoms with E-state index in [-0.39, 0.29) is 45.5 Å². The summed E-state index contributed by atoms with van der Waals surface area (Å²) in [5.74, 6) is 2.07. The van der Waals surface area contributed by atoms with Gasteiger partial charge in [0.1, 0.15) is 0 Å². The van der Waals surface area contributed by atoms with Gasteiger partial charge in [-0.3, -0.25) is 0 Å². The summed E-state index contributed by atoms with van der Waals surface area (Å²) < 4.78 is 0. The second kappa shape index (κ2) is 7.19. The van der Waals surface area contributed by atoms with E-state index in [1.54, 1.807) is 0 Å². The highest BCUT2D eigenvalue weighted by molar-refractivity contribution is 5.21. The Morgan fingerprint density at radius 2 is 1.52 bits per heavy atom. The van der Waals surface area contributed by atoms with Crippen LogP contribution < -0.4 is 0 Å². The molecule has 0 aromatic carbocycles. The van der Waals surface area contributed by atoms with E-state index in [1.165, 1.54) is 19.3 Å². The van der Waals surface area contributed by atoms with E-state index >= 15 is 0 Å².